The summed E-state index contributed by atoms with van der Waals surface area (Å²) >= 11 is 0. The lowest BCUT2D eigenvalue weighted by atomic mass is 9.86. The van der Waals surface area contributed by atoms with Gasteiger partial charge < -0.3 is 4.90 Å². The van der Waals surface area contributed by atoms with E-state index < -0.39 is 0 Å². The molecule has 1 aliphatic carbocycles. The number of aromatic nitrogens is 1. The van der Waals surface area contributed by atoms with E-state index in [2.05, 4.69) is 17.1 Å². The van der Waals surface area contributed by atoms with Crippen molar-refractivity contribution in [3.05, 3.63) is 100 Å². The Bertz CT molecular complexity index is 1220. The van der Waals surface area contributed by atoms with Crippen molar-refractivity contribution in [2.75, 3.05) is 7.05 Å². The van der Waals surface area contributed by atoms with Crippen LogP contribution in [0.25, 0.3) is 0 Å². The highest BCUT2D eigenvalue weighted by molar-refractivity contribution is 6.22. The molecule has 0 spiro atoms. The fourth-order valence-electron chi connectivity index (χ4n) is 4.71. The summed E-state index contributed by atoms with van der Waals surface area (Å²) in [5.41, 5.74) is 4.33. The Morgan fingerprint density at radius 1 is 1.03 bits per heavy atom. The average Bonchev–Trinajstić information content (AvgIpc) is 3.07. The molecule has 32 heavy (non-hydrogen) atoms. The lowest BCUT2D eigenvalue weighted by molar-refractivity contribution is 0.0641. The van der Waals surface area contributed by atoms with Gasteiger partial charge in [-0.1, -0.05) is 24.3 Å². The Hall–Kier alpha value is -3.80. The normalized spacial score (nSPS) is 17.2. The summed E-state index contributed by atoms with van der Waals surface area (Å²) in [5, 5.41) is 0. The van der Waals surface area contributed by atoms with E-state index >= 15 is 0 Å². The molecule has 0 saturated carbocycles. The number of hydrogen-bond donors (Lipinski definition) is 0. The maximum atomic E-state index is 13.3. The highest BCUT2D eigenvalue weighted by Gasteiger charge is 2.36. The number of nitrogens with zero attached hydrogens (tertiary/aromatic N) is 3. The van der Waals surface area contributed by atoms with Crippen LogP contribution in [0, 0.1) is 0 Å². The SMILES string of the molecule is CN(C(=O)c1ccc2c(c1)C(=O)N(Cc1ccncc1)C2=O)[C@H]1CCCc2ccccc21. The average molecular weight is 425 g/mol. The van der Waals surface area contributed by atoms with Crippen LogP contribution >= 0.6 is 0 Å². The van der Waals surface area contributed by atoms with Crippen LogP contribution in [-0.4, -0.2) is 39.6 Å². The monoisotopic (exact) mass is 425 g/mol. The molecule has 160 valence electrons. The molecule has 2 aromatic carbocycles. The van der Waals surface area contributed by atoms with Crippen LogP contribution in [0.2, 0.25) is 0 Å². The predicted molar refractivity (Wildman–Crippen MR) is 119 cm³/mol. The van der Waals surface area contributed by atoms with Gasteiger partial charge in [0.25, 0.3) is 17.7 Å². The molecule has 5 rings (SSSR count). The zero-order valence-electron chi connectivity index (χ0n) is 17.8. The van der Waals surface area contributed by atoms with Crippen molar-refractivity contribution in [3.8, 4) is 0 Å². The summed E-state index contributed by atoms with van der Waals surface area (Å²) in [6.45, 7) is 0.177. The Labute approximate surface area is 186 Å². The predicted octanol–water partition coefficient (Wildman–Crippen LogP) is 4.03. The number of amides is 3. The fraction of sp³-hybridized carbons (Fsp3) is 0.231. The minimum atomic E-state index is -0.373. The number of rotatable bonds is 4. The smallest absolute Gasteiger partial charge is 0.261 e. The molecule has 0 saturated heterocycles. The van der Waals surface area contributed by atoms with Crippen LogP contribution in [0.1, 0.15) is 66.6 Å². The third-order valence-electron chi connectivity index (χ3n) is 6.43. The summed E-state index contributed by atoms with van der Waals surface area (Å²) in [7, 11) is 1.81. The van der Waals surface area contributed by atoms with Crippen molar-refractivity contribution in [1.82, 2.24) is 14.8 Å². The second-order valence-electron chi connectivity index (χ2n) is 8.34. The van der Waals surface area contributed by atoms with Gasteiger partial charge in [0.1, 0.15) is 0 Å². The number of benzene rings is 2. The van der Waals surface area contributed by atoms with E-state index in [4.69, 9.17) is 0 Å². The summed E-state index contributed by atoms with van der Waals surface area (Å²) in [6.07, 6.45) is 6.21. The van der Waals surface area contributed by atoms with Gasteiger partial charge in [0.05, 0.1) is 23.7 Å². The quantitative estimate of drug-likeness (QED) is 0.592. The van der Waals surface area contributed by atoms with Crippen LogP contribution in [0.5, 0.6) is 0 Å². The minimum Gasteiger partial charge on any atom is -0.335 e. The maximum Gasteiger partial charge on any atom is 0.261 e. The van der Waals surface area contributed by atoms with Crippen LogP contribution < -0.4 is 0 Å². The number of aryl methyl sites for hydroxylation is 1. The van der Waals surface area contributed by atoms with Crippen molar-refractivity contribution < 1.29 is 14.4 Å². The molecule has 1 aliphatic heterocycles. The van der Waals surface area contributed by atoms with Gasteiger partial charge in [-0.25, -0.2) is 0 Å². The molecule has 2 aliphatic rings. The lowest BCUT2D eigenvalue weighted by Gasteiger charge is -2.33. The van der Waals surface area contributed by atoms with E-state index in [0.717, 1.165) is 24.8 Å². The number of fused-ring (bicyclic) bond motifs is 2. The Balaban J connectivity index is 1.40. The largest absolute Gasteiger partial charge is 0.335 e. The first-order valence-electron chi connectivity index (χ1n) is 10.8. The van der Waals surface area contributed by atoms with Gasteiger partial charge in [0, 0.05) is 25.0 Å². The van der Waals surface area contributed by atoms with E-state index in [1.165, 1.54) is 16.0 Å². The lowest BCUT2D eigenvalue weighted by Crippen LogP contribution is -2.33. The third kappa shape index (κ3) is 3.38. The first kappa shape index (κ1) is 20.1. The standard InChI is InChI=1S/C26H23N3O3/c1-28(23-8-4-6-18-5-2-3-7-20(18)23)24(30)19-9-10-21-22(15-19)26(32)29(25(21)31)16-17-11-13-27-14-12-17/h2-3,5,7,9-15,23H,4,6,8,16H2,1H3/t23-/m0/s1. The van der Waals surface area contributed by atoms with Crippen LogP contribution in [-0.2, 0) is 13.0 Å². The van der Waals surface area contributed by atoms with Crippen molar-refractivity contribution in [1.29, 1.82) is 0 Å². The topological polar surface area (TPSA) is 70.6 Å². The fourth-order valence-corrected chi connectivity index (χ4v) is 4.71. The third-order valence-corrected chi connectivity index (χ3v) is 6.43. The van der Waals surface area contributed by atoms with E-state index in [9.17, 15) is 14.4 Å². The molecule has 0 N–H and O–H groups in total. The summed E-state index contributed by atoms with van der Waals surface area (Å²) < 4.78 is 0. The molecule has 1 atom stereocenters. The molecule has 6 nitrogen and oxygen atoms in total. The summed E-state index contributed by atoms with van der Waals surface area (Å²) in [5.74, 6) is -0.861. The van der Waals surface area contributed by atoms with Gasteiger partial charge in [-0.2, -0.15) is 0 Å². The molecular weight excluding hydrogens is 402 g/mol. The van der Waals surface area contributed by atoms with Crippen molar-refractivity contribution >= 4 is 17.7 Å². The van der Waals surface area contributed by atoms with E-state index in [1.807, 2.05) is 19.2 Å². The first-order valence-corrected chi connectivity index (χ1v) is 10.8. The van der Waals surface area contributed by atoms with Gasteiger partial charge in [0.15, 0.2) is 0 Å². The van der Waals surface area contributed by atoms with Crippen molar-refractivity contribution in [3.63, 3.8) is 0 Å². The van der Waals surface area contributed by atoms with Gasteiger partial charge in [-0.05, 0) is 66.3 Å². The Morgan fingerprint density at radius 2 is 1.78 bits per heavy atom. The molecule has 6 heteroatoms. The Kier molecular flexibility index (Phi) is 5.05. The van der Waals surface area contributed by atoms with E-state index in [1.54, 1.807) is 47.6 Å². The number of pyridine rings is 1. The van der Waals surface area contributed by atoms with Gasteiger partial charge in [-0.3, -0.25) is 24.3 Å². The Morgan fingerprint density at radius 3 is 2.59 bits per heavy atom. The highest BCUT2D eigenvalue weighted by atomic mass is 16.2. The molecule has 1 aromatic heterocycles. The van der Waals surface area contributed by atoms with Gasteiger partial charge in [-0.15, -0.1) is 0 Å². The molecule has 0 unspecified atom stereocenters. The van der Waals surface area contributed by atoms with Crippen LogP contribution in [0.15, 0.2) is 67.0 Å². The van der Waals surface area contributed by atoms with Crippen LogP contribution in [0.4, 0.5) is 0 Å². The minimum absolute atomic E-state index is 0.00114. The van der Waals surface area contributed by atoms with E-state index in [0.29, 0.717) is 11.1 Å². The summed E-state index contributed by atoms with van der Waals surface area (Å²) in [4.78, 5) is 46.1. The molecule has 3 aromatic rings. The first-order chi connectivity index (χ1) is 15.5. The maximum absolute atomic E-state index is 13.3. The number of hydrogen-bond acceptors (Lipinski definition) is 4. The van der Waals surface area contributed by atoms with Gasteiger partial charge >= 0.3 is 0 Å². The van der Waals surface area contributed by atoms with Crippen molar-refractivity contribution in [2.24, 2.45) is 0 Å². The number of imide groups is 1. The molecule has 0 radical (unpaired) electrons. The zero-order chi connectivity index (χ0) is 22.2. The van der Waals surface area contributed by atoms with Crippen molar-refractivity contribution in [2.45, 2.75) is 31.8 Å². The molecule has 0 fully saturated rings. The highest BCUT2D eigenvalue weighted by Crippen LogP contribution is 2.34. The zero-order valence-corrected chi connectivity index (χ0v) is 17.8. The van der Waals surface area contributed by atoms with Gasteiger partial charge in [0.2, 0.25) is 0 Å². The second-order valence-corrected chi connectivity index (χ2v) is 8.34. The molecule has 0 bridgehead atoms. The van der Waals surface area contributed by atoms with Crippen LogP contribution in [0.3, 0.4) is 0 Å². The molecule has 3 amide bonds. The molecular formula is C26H23N3O3. The molecule has 2 heterocycles. The summed E-state index contributed by atoms with van der Waals surface area (Å²) in [6, 6.07) is 16.6. The second kappa shape index (κ2) is 8.04. The van der Waals surface area contributed by atoms with E-state index in [-0.39, 0.29) is 35.9 Å². The number of carbonyl (C=O) groups is 3. The number of carbonyl (C=O) groups excluding carboxylic acids is 3.